The molecule has 0 saturated heterocycles. The number of hydrogen-bond acceptors (Lipinski definition) is 3. The molecule has 5 nitrogen and oxygen atoms in total. The number of rotatable bonds is 3. The van der Waals surface area contributed by atoms with Crippen LogP contribution in [-0.2, 0) is 0 Å². The van der Waals surface area contributed by atoms with E-state index < -0.39 is 0 Å². The van der Waals surface area contributed by atoms with Gasteiger partial charge in [-0.1, -0.05) is 0 Å². The molecule has 1 heterocycles. The highest BCUT2D eigenvalue weighted by atomic mass is 79.9. The van der Waals surface area contributed by atoms with Crippen molar-refractivity contribution < 1.29 is 9.59 Å². The van der Waals surface area contributed by atoms with Gasteiger partial charge in [0.25, 0.3) is 5.91 Å². The fraction of sp³-hybridized carbons (Fsp3) is 0.0769. The van der Waals surface area contributed by atoms with Crippen LogP contribution >= 0.6 is 27.3 Å². The molecule has 3 N–H and O–H groups in total. The molecular weight excluding hydrogens is 342 g/mol. The van der Waals surface area contributed by atoms with E-state index in [-0.39, 0.29) is 11.9 Å². The van der Waals surface area contributed by atoms with Crippen LogP contribution in [-0.4, -0.2) is 19.0 Å². The van der Waals surface area contributed by atoms with Gasteiger partial charge in [-0.3, -0.25) is 4.79 Å². The van der Waals surface area contributed by atoms with E-state index in [4.69, 9.17) is 0 Å². The highest BCUT2D eigenvalue weighted by Crippen LogP contribution is 2.24. The molecule has 0 saturated carbocycles. The Morgan fingerprint density at radius 3 is 2.15 bits per heavy atom. The summed E-state index contributed by atoms with van der Waals surface area (Å²) >= 11 is 4.69. The first kappa shape index (κ1) is 14.5. The normalized spacial score (nSPS) is 9.90. The lowest BCUT2D eigenvalue weighted by atomic mass is 10.2. The van der Waals surface area contributed by atoms with Crippen LogP contribution in [0.25, 0.3) is 0 Å². The van der Waals surface area contributed by atoms with Crippen LogP contribution in [0.5, 0.6) is 0 Å². The van der Waals surface area contributed by atoms with Gasteiger partial charge in [-0.15, -0.1) is 11.3 Å². The molecule has 2 aromatic rings. The summed E-state index contributed by atoms with van der Waals surface area (Å²) in [5.41, 5.74) is 1.32. The molecule has 104 valence electrons. The minimum Gasteiger partial charge on any atom is -0.341 e. The van der Waals surface area contributed by atoms with Crippen molar-refractivity contribution in [2.75, 3.05) is 17.7 Å². The topological polar surface area (TPSA) is 70.2 Å². The second-order valence-corrected chi connectivity index (χ2v) is 5.60. The Hall–Kier alpha value is -1.86. The molecular formula is C13H12BrN3O2S. The molecule has 0 aliphatic heterocycles. The van der Waals surface area contributed by atoms with Gasteiger partial charge in [0, 0.05) is 22.9 Å². The third-order valence-corrected chi connectivity index (χ3v) is 4.29. The molecule has 0 aliphatic rings. The van der Waals surface area contributed by atoms with Crippen molar-refractivity contribution in [3.8, 4) is 0 Å². The summed E-state index contributed by atoms with van der Waals surface area (Å²) < 4.78 is 0.776. The van der Waals surface area contributed by atoms with E-state index in [1.807, 2.05) is 11.4 Å². The van der Waals surface area contributed by atoms with E-state index in [1.54, 1.807) is 31.3 Å². The Morgan fingerprint density at radius 2 is 1.65 bits per heavy atom. The molecule has 3 amide bonds. The van der Waals surface area contributed by atoms with E-state index in [0.29, 0.717) is 16.3 Å². The number of carbonyl (C=O) groups is 2. The molecule has 0 fully saturated rings. The van der Waals surface area contributed by atoms with E-state index in [2.05, 4.69) is 31.9 Å². The molecule has 1 aromatic heterocycles. The standard InChI is InChI=1S/C13H12BrN3O2S/c1-15-13(19)17-9-4-2-8(3-5-9)16-12(18)11-10(14)6-7-20-11/h2-7H,1H3,(H,16,18)(H2,15,17,19). The summed E-state index contributed by atoms with van der Waals surface area (Å²) in [4.78, 5) is 23.8. The van der Waals surface area contributed by atoms with E-state index in [9.17, 15) is 9.59 Å². The average molecular weight is 354 g/mol. The fourth-order valence-corrected chi connectivity index (χ4v) is 2.92. The molecule has 0 spiro atoms. The summed E-state index contributed by atoms with van der Waals surface area (Å²) in [5, 5.41) is 9.74. The van der Waals surface area contributed by atoms with Crippen molar-refractivity contribution in [2.24, 2.45) is 0 Å². The molecule has 0 radical (unpaired) electrons. The highest BCUT2D eigenvalue weighted by molar-refractivity contribution is 9.10. The third kappa shape index (κ3) is 3.58. The number of halogens is 1. The molecule has 0 atom stereocenters. The maximum atomic E-state index is 12.0. The number of nitrogens with one attached hydrogen (secondary N) is 3. The Morgan fingerprint density at radius 1 is 1.05 bits per heavy atom. The van der Waals surface area contributed by atoms with Gasteiger partial charge in [0.1, 0.15) is 4.88 Å². The minimum atomic E-state index is -0.288. The SMILES string of the molecule is CNC(=O)Nc1ccc(NC(=O)c2sccc2Br)cc1. The lowest BCUT2D eigenvalue weighted by Crippen LogP contribution is -2.24. The number of urea groups is 1. The van der Waals surface area contributed by atoms with E-state index in [1.165, 1.54) is 11.3 Å². The Bertz CT molecular complexity index is 625. The summed E-state index contributed by atoms with van der Waals surface area (Å²) in [6.45, 7) is 0. The monoisotopic (exact) mass is 353 g/mol. The van der Waals surface area contributed by atoms with Crippen molar-refractivity contribution in [1.29, 1.82) is 0 Å². The van der Waals surface area contributed by atoms with Crippen LogP contribution in [0.15, 0.2) is 40.2 Å². The van der Waals surface area contributed by atoms with Crippen LogP contribution in [0.4, 0.5) is 16.2 Å². The van der Waals surface area contributed by atoms with Gasteiger partial charge in [0.05, 0.1) is 0 Å². The first-order chi connectivity index (χ1) is 9.60. The number of amides is 3. The van der Waals surface area contributed by atoms with Gasteiger partial charge >= 0.3 is 6.03 Å². The van der Waals surface area contributed by atoms with Crippen LogP contribution in [0.1, 0.15) is 9.67 Å². The molecule has 7 heteroatoms. The number of benzene rings is 1. The Labute approximate surface area is 128 Å². The molecule has 0 aliphatic carbocycles. The number of anilines is 2. The summed E-state index contributed by atoms with van der Waals surface area (Å²) in [6.07, 6.45) is 0. The Kier molecular flexibility index (Phi) is 4.75. The van der Waals surface area contributed by atoms with Gasteiger partial charge < -0.3 is 16.0 Å². The van der Waals surface area contributed by atoms with Gasteiger partial charge in [0.2, 0.25) is 0 Å². The Balaban J connectivity index is 2.02. The molecule has 2 rings (SSSR count). The van der Waals surface area contributed by atoms with Crippen LogP contribution < -0.4 is 16.0 Å². The summed E-state index contributed by atoms with van der Waals surface area (Å²) in [5.74, 6) is -0.168. The number of thiophene rings is 1. The maximum Gasteiger partial charge on any atom is 0.318 e. The maximum absolute atomic E-state index is 12.0. The predicted molar refractivity (Wildman–Crippen MR) is 84.5 cm³/mol. The lowest BCUT2D eigenvalue weighted by Gasteiger charge is -2.07. The number of carbonyl (C=O) groups excluding carboxylic acids is 2. The van der Waals surface area contributed by atoms with Gasteiger partial charge in [-0.2, -0.15) is 0 Å². The quantitative estimate of drug-likeness (QED) is 0.789. The highest BCUT2D eigenvalue weighted by Gasteiger charge is 2.11. The van der Waals surface area contributed by atoms with Gasteiger partial charge in [-0.05, 0) is 51.6 Å². The second kappa shape index (κ2) is 6.53. The average Bonchev–Trinajstić information content (AvgIpc) is 2.87. The fourth-order valence-electron chi connectivity index (χ4n) is 1.47. The zero-order chi connectivity index (χ0) is 14.5. The minimum absolute atomic E-state index is 0.168. The van der Waals surface area contributed by atoms with Crippen LogP contribution in [0.2, 0.25) is 0 Å². The van der Waals surface area contributed by atoms with Gasteiger partial charge in [0.15, 0.2) is 0 Å². The molecule has 20 heavy (non-hydrogen) atoms. The molecule has 0 bridgehead atoms. The third-order valence-electron chi connectivity index (χ3n) is 2.45. The lowest BCUT2D eigenvalue weighted by molar-refractivity contribution is 0.103. The largest absolute Gasteiger partial charge is 0.341 e. The van der Waals surface area contributed by atoms with Crippen LogP contribution in [0, 0.1) is 0 Å². The van der Waals surface area contributed by atoms with E-state index >= 15 is 0 Å². The van der Waals surface area contributed by atoms with Crippen molar-refractivity contribution >= 4 is 50.6 Å². The second-order valence-electron chi connectivity index (χ2n) is 3.83. The van der Waals surface area contributed by atoms with Crippen LogP contribution in [0.3, 0.4) is 0 Å². The number of hydrogen-bond donors (Lipinski definition) is 3. The first-order valence-electron chi connectivity index (χ1n) is 5.73. The van der Waals surface area contributed by atoms with Crippen molar-refractivity contribution in [1.82, 2.24) is 5.32 Å². The smallest absolute Gasteiger partial charge is 0.318 e. The molecule has 1 aromatic carbocycles. The summed E-state index contributed by atoms with van der Waals surface area (Å²) in [6, 6.07) is 8.43. The predicted octanol–water partition coefficient (Wildman–Crippen LogP) is 3.51. The van der Waals surface area contributed by atoms with Crippen molar-refractivity contribution in [3.63, 3.8) is 0 Å². The van der Waals surface area contributed by atoms with Crippen molar-refractivity contribution in [3.05, 3.63) is 45.1 Å². The first-order valence-corrected chi connectivity index (χ1v) is 7.40. The van der Waals surface area contributed by atoms with Gasteiger partial charge in [-0.25, -0.2) is 4.79 Å². The van der Waals surface area contributed by atoms with E-state index in [0.717, 1.165) is 4.47 Å². The zero-order valence-electron chi connectivity index (χ0n) is 10.6. The molecule has 0 unspecified atom stereocenters. The zero-order valence-corrected chi connectivity index (χ0v) is 13.0. The van der Waals surface area contributed by atoms with Crippen molar-refractivity contribution in [2.45, 2.75) is 0 Å². The summed E-state index contributed by atoms with van der Waals surface area (Å²) in [7, 11) is 1.54.